The van der Waals surface area contributed by atoms with Gasteiger partial charge in [0.15, 0.2) is 10.8 Å². The summed E-state index contributed by atoms with van der Waals surface area (Å²) < 4.78 is 9.68. The van der Waals surface area contributed by atoms with Crippen LogP contribution in [0.3, 0.4) is 0 Å². The molecular weight excluding hydrogens is 430 g/mol. The second-order valence-corrected chi connectivity index (χ2v) is 9.21. The Balaban J connectivity index is 1.38. The van der Waals surface area contributed by atoms with Crippen molar-refractivity contribution in [1.82, 2.24) is 24.2 Å². The Morgan fingerprint density at radius 2 is 1.79 bits per heavy atom. The van der Waals surface area contributed by atoms with Crippen LogP contribution in [0.4, 0.5) is 0 Å². The van der Waals surface area contributed by atoms with Gasteiger partial charge in [0.05, 0.1) is 12.3 Å². The Hall–Kier alpha value is -3.32. The summed E-state index contributed by atoms with van der Waals surface area (Å²) >= 11 is 1.69. The van der Waals surface area contributed by atoms with Gasteiger partial charge in [0.25, 0.3) is 0 Å². The Bertz CT molecular complexity index is 1400. The van der Waals surface area contributed by atoms with Gasteiger partial charge in [-0.2, -0.15) is 5.10 Å². The lowest BCUT2D eigenvalue weighted by Crippen LogP contribution is -1.96. The normalized spacial score (nSPS) is 11.5. The quantitative estimate of drug-likeness (QED) is 0.207. The Kier molecular flexibility index (Phi) is 6.05. The molecule has 0 aliphatic rings. The van der Waals surface area contributed by atoms with E-state index in [1.54, 1.807) is 11.8 Å². The monoisotopic (exact) mass is 457 g/mol. The zero-order valence-corrected chi connectivity index (χ0v) is 20.0. The smallest absolute Gasteiger partial charge is 0.196 e. The number of fused-ring (bicyclic) bond motifs is 3. The first-order chi connectivity index (χ1) is 16.1. The average molecular weight is 458 g/mol. The van der Waals surface area contributed by atoms with Crippen molar-refractivity contribution in [3.63, 3.8) is 0 Å². The van der Waals surface area contributed by atoms with Crippen molar-refractivity contribution in [3.05, 3.63) is 77.6 Å². The van der Waals surface area contributed by atoms with E-state index in [-0.39, 0.29) is 0 Å². The van der Waals surface area contributed by atoms with Gasteiger partial charge in [0.2, 0.25) is 0 Å². The molecule has 168 valence electrons. The highest BCUT2D eigenvalue weighted by Gasteiger charge is 2.13. The number of rotatable bonds is 8. The highest BCUT2D eigenvalue weighted by molar-refractivity contribution is 7.98. The second-order valence-electron chi connectivity index (χ2n) is 8.27. The molecule has 0 N–H and O–H groups in total. The fraction of sp³-hybridized carbons (Fsp3) is 0.269. The summed E-state index contributed by atoms with van der Waals surface area (Å²) in [5.74, 6) is 1.74. The Morgan fingerprint density at radius 1 is 0.939 bits per heavy atom. The summed E-state index contributed by atoms with van der Waals surface area (Å²) in [6.45, 7) is 7.20. The lowest BCUT2D eigenvalue weighted by molar-refractivity contribution is 0.309. The molecule has 0 unspecified atom stereocenters. The number of thioether (sulfide) groups is 1. The predicted octanol–water partition coefficient (Wildman–Crippen LogP) is 6.13. The molecule has 33 heavy (non-hydrogen) atoms. The van der Waals surface area contributed by atoms with E-state index in [1.807, 2.05) is 33.4 Å². The molecule has 0 fully saturated rings. The van der Waals surface area contributed by atoms with Crippen LogP contribution in [-0.2, 0) is 5.75 Å². The van der Waals surface area contributed by atoms with Crippen LogP contribution in [0, 0.1) is 13.8 Å². The van der Waals surface area contributed by atoms with Gasteiger partial charge in [0.1, 0.15) is 11.3 Å². The van der Waals surface area contributed by atoms with Crippen LogP contribution < -0.4 is 4.74 Å². The number of hydrogen-bond acceptors (Lipinski definition) is 5. The lowest BCUT2D eigenvalue weighted by atomic mass is 10.1. The van der Waals surface area contributed by atoms with Gasteiger partial charge in [-0.05, 0) is 67.3 Å². The molecule has 0 bridgehead atoms. The van der Waals surface area contributed by atoms with E-state index in [1.165, 1.54) is 16.7 Å². The Labute approximate surface area is 197 Å². The van der Waals surface area contributed by atoms with Crippen molar-refractivity contribution >= 4 is 22.9 Å². The van der Waals surface area contributed by atoms with Crippen molar-refractivity contribution in [2.24, 2.45) is 0 Å². The molecule has 6 nitrogen and oxygen atoms in total. The molecule has 5 aromatic rings. The number of unbranched alkanes of at least 4 members (excludes halogenated alkanes) is 1. The number of aromatic nitrogens is 5. The Morgan fingerprint density at radius 3 is 2.58 bits per heavy atom. The minimum Gasteiger partial charge on any atom is -0.494 e. The zero-order chi connectivity index (χ0) is 22.8. The van der Waals surface area contributed by atoms with Crippen LogP contribution in [0.15, 0.2) is 66.1 Å². The van der Waals surface area contributed by atoms with Gasteiger partial charge in [0, 0.05) is 23.7 Å². The molecule has 0 atom stereocenters. The van der Waals surface area contributed by atoms with Crippen molar-refractivity contribution in [3.8, 4) is 17.0 Å². The zero-order valence-electron chi connectivity index (χ0n) is 19.2. The van der Waals surface area contributed by atoms with Gasteiger partial charge in [-0.25, -0.2) is 4.52 Å². The van der Waals surface area contributed by atoms with Crippen LogP contribution in [0.25, 0.3) is 22.4 Å². The molecular formula is C26H27N5OS. The van der Waals surface area contributed by atoms with Gasteiger partial charge in [-0.15, -0.1) is 10.2 Å². The van der Waals surface area contributed by atoms with Crippen molar-refractivity contribution in [2.75, 3.05) is 6.61 Å². The summed E-state index contributed by atoms with van der Waals surface area (Å²) in [6.07, 6.45) is 6.12. The van der Waals surface area contributed by atoms with Crippen LogP contribution >= 0.6 is 11.8 Å². The van der Waals surface area contributed by atoms with E-state index in [2.05, 4.69) is 67.4 Å². The average Bonchev–Trinajstić information content (AvgIpc) is 3.44. The second kappa shape index (κ2) is 9.27. The first-order valence-corrected chi connectivity index (χ1v) is 12.3. The molecule has 0 aliphatic heterocycles. The molecule has 3 heterocycles. The maximum absolute atomic E-state index is 5.77. The molecule has 0 saturated heterocycles. The highest BCUT2D eigenvalue weighted by Crippen LogP contribution is 2.27. The predicted molar refractivity (Wildman–Crippen MR) is 133 cm³/mol. The van der Waals surface area contributed by atoms with E-state index < -0.39 is 0 Å². The third-order valence-corrected chi connectivity index (χ3v) is 6.86. The lowest BCUT2D eigenvalue weighted by Gasteiger charge is -2.05. The topological polar surface area (TPSA) is 56.7 Å². The fourth-order valence-electron chi connectivity index (χ4n) is 3.73. The van der Waals surface area contributed by atoms with E-state index in [0.717, 1.165) is 58.5 Å². The number of nitrogens with zero attached hydrogens (tertiary/aromatic N) is 5. The van der Waals surface area contributed by atoms with Gasteiger partial charge in [-0.1, -0.05) is 43.3 Å². The highest BCUT2D eigenvalue weighted by atomic mass is 32.2. The van der Waals surface area contributed by atoms with E-state index in [9.17, 15) is 0 Å². The minimum absolute atomic E-state index is 0.749. The van der Waals surface area contributed by atoms with Gasteiger partial charge >= 0.3 is 0 Å². The number of hydrogen-bond donors (Lipinski definition) is 0. The molecule has 2 aromatic carbocycles. The molecule has 5 rings (SSSR count). The van der Waals surface area contributed by atoms with Crippen LogP contribution in [0.1, 0.15) is 36.5 Å². The molecule has 0 amide bonds. The standard InChI is InChI=1S/C26H27N5OS/c1-4-5-14-32-22-10-8-21(9-11-22)23-16-24-25-27-28-26(30(25)12-13-31(24)29-23)33-17-20-7-6-18(2)19(3)15-20/h6-13,15-16H,4-5,14,17H2,1-3H3. The van der Waals surface area contributed by atoms with Crippen LogP contribution in [-0.4, -0.2) is 30.8 Å². The molecule has 0 saturated carbocycles. The first kappa shape index (κ1) is 21.5. The molecule has 0 radical (unpaired) electrons. The SMILES string of the molecule is CCCCOc1ccc(-c2cc3c4nnc(SCc5ccc(C)c(C)c5)n4ccn3n2)cc1. The van der Waals surface area contributed by atoms with E-state index in [0.29, 0.717) is 0 Å². The molecule has 0 aliphatic carbocycles. The number of benzene rings is 2. The number of ether oxygens (including phenoxy) is 1. The third kappa shape index (κ3) is 4.46. The van der Waals surface area contributed by atoms with Gasteiger partial charge < -0.3 is 4.74 Å². The van der Waals surface area contributed by atoms with E-state index in [4.69, 9.17) is 9.84 Å². The van der Waals surface area contributed by atoms with Crippen molar-refractivity contribution < 1.29 is 4.74 Å². The van der Waals surface area contributed by atoms with E-state index >= 15 is 0 Å². The summed E-state index contributed by atoms with van der Waals surface area (Å²) in [5.41, 5.74) is 7.59. The molecule has 7 heteroatoms. The van der Waals surface area contributed by atoms with Crippen molar-refractivity contribution in [2.45, 2.75) is 44.5 Å². The summed E-state index contributed by atoms with van der Waals surface area (Å²) in [6, 6.07) is 16.8. The summed E-state index contributed by atoms with van der Waals surface area (Å²) in [7, 11) is 0. The third-order valence-electron chi connectivity index (χ3n) is 5.84. The summed E-state index contributed by atoms with van der Waals surface area (Å²) in [5, 5.41) is 14.5. The van der Waals surface area contributed by atoms with Gasteiger partial charge in [-0.3, -0.25) is 4.40 Å². The fourth-order valence-corrected chi connectivity index (χ4v) is 4.59. The largest absolute Gasteiger partial charge is 0.494 e. The van der Waals surface area contributed by atoms with Crippen LogP contribution in [0.2, 0.25) is 0 Å². The first-order valence-electron chi connectivity index (χ1n) is 11.3. The maximum Gasteiger partial charge on any atom is 0.196 e. The van der Waals surface area contributed by atoms with Crippen LogP contribution in [0.5, 0.6) is 5.75 Å². The maximum atomic E-state index is 5.77. The number of aryl methyl sites for hydroxylation is 2. The molecule has 0 spiro atoms. The minimum atomic E-state index is 0.749. The molecule has 3 aromatic heterocycles. The van der Waals surface area contributed by atoms with Crippen molar-refractivity contribution in [1.29, 1.82) is 0 Å². The summed E-state index contributed by atoms with van der Waals surface area (Å²) in [4.78, 5) is 0.